The van der Waals surface area contributed by atoms with Crippen molar-refractivity contribution in [2.75, 3.05) is 0 Å². The van der Waals surface area contributed by atoms with Crippen LogP contribution in [0.3, 0.4) is 0 Å². The first-order valence-electron chi connectivity index (χ1n) is 4.16. The van der Waals surface area contributed by atoms with Crippen LogP contribution in [-0.2, 0) is 0 Å². The van der Waals surface area contributed by atoms with Crippen LogP contribution >= 0.6 is 11.1 Å². The standard InChI is InChI=1S/C10H10N2OS/c1-2-9-4-3-7-14(9)12-6-5-11-10(12)8-13/h2-8,14H,1H2. The van der Waals surface area contributed by atoms with Crippen molar-refractivity contribution in [3.05, 3.63) is 53.3 Å². The Bertz CT molecular complexity index is 431. The normalized spacial score (nSPS) is 22.0. The fourth-order valence-corrected chi connectivity index (χ4v) is 3.08. The van der Waals surface area contributed by atoms with Crippen LogP contribution in [0.2, 0.25) is 0 Å². The molecule has 1 aromatic heterocycles. The molecule has 0 fully saturated rings. The maximum Gasteiger partial charge on any atom is 0.186 e. The van der Waals surface area contributed by atoms with Gasteiger partial charge in [0.2, 0.25) is 0 Å². The van der Waals surface area contributed by atoms with Crippen LogP contribution in [0.1, 0.15) is 10.6 Å². The summed E-state index contributed by atoms with van der Waals surface area (Å²) in [6, 6.07) is 0. The molecule has 0 amide bonds. The molecule has 14 heavy (non-hydrogen) atoms. The third kappa shape index (κ3) is 1.33. The van der Waals surface area contributed by atoms with Crippen molar-refractivity contribution in [1.29, 1.82) is 0 Å². The van der Waals surface area contributed by atoms with Gasteiger partial charge in [0.15, 0.2) is 12.1 Å². The van der Waals surface area contributed by atoms with E-state index in [4.69, 9.17) is 0 Å². The maximum absolute atomic E-state index is 10.7. The number of hydrogen-bond donors (Lipinski definition) is 1. The lowest BCUT2D eigenvalue weighted by atomic mass is 10.5. The zero-order valence-electron chi connectivity index (χ0n) is 7.50. The monoisotopic (exact) mass is 206 g/mol. The summed E-state index contributed by atoms with van der Waals surface area (Å²) < 4.78 is 1.89. The van der Waals surface area contributed by atoms with Crippen molar-refractivity contribution in [2.45, 2.75) is 0 Å². The van der Waals surface area contributed by atoms with Gasteiger partial charge >= 0.3 is 0 Å². The lowest BCUT2D eigenvalue weighted by Crippen LogP contribution is -1.98. The van der Waals surface area contributed by atoms with Crippen molar-refractivity contribution < 1.29 is 4.79 Å². The predicted octanol–water partition coefficient (Wildman–Crippen LogP) is 2.06. The number of imidazole rings is 1. The Labute approximate surface area is 84.9 Å². The Morgan fingerprint density at radius 3 is 3.14 bits per heavy atom. The molecule has 1 unspecified atom stereocenters. The lowest BCUT2D eigenvalue weighted by Gasteiger charge is -2.17. The number of nitrogens with zero attached hydrogens (tertiary/aromatic N) is 2. The van der Waals surface area contributed by atoms with Crippen LogP contribution in [0.4, 0.5) is 0 Å². The highest BCUT2D eigenvalue weighted by Crippen LogP contribution is 2.43. The van der Waals surface area contributed by atoms with Gasteiger partial charge in [0.25, 0.3) is 0 Å². The van der Waals surface area contributed by atoms with Gasteiger partial charge in [0.05, 0.1) is 0 Å². The Morgan fingerprint density at radius 2 is 2.43 bits per heavy atom. The number of allylic oxidation sites excluding steroid dienone is 3. The van der Waals surface area contributed by atoms with E-state index in [1.54, 1.807) is 6.20 Å². The number of rotatable bonds is 3. The fraction of sp³-hybridized carbons (Fsp3) is 0. The molecule has 72 valence electrons. The van der Waals surface area contributed by atoms with E-state index in [9.17, 15) is 4.79 Å². The van der Waals surface area contributed by atoms with Gasteiger partial charge in [-0.05, 0) is 11.5 Å². The van der Waals surface area contributed by atoms with Crippen LogP contribution in [0, 0.1) is 0 Å². The summed E-state index contributed by atoms with van der Waals surface area (Å²) in [6.45, 7) is 3.74. The number of aromatic nitrogens is 2. The van der Waals surface area contributed by atoms with Crippen LogP contribution < -0.4 is 0 Å². The molecule has 0 saturated carbocycles. The number of hydrogen-bond acceptors (Lipinski definition) is 2. The summed E-state index contributed by atoms with van der Waals surface area (Å²) in [5, 5.41) is 2.07. The Balaban J connectivity index is 2.40. The minimum absolute atomic E-state index is 0.468. The minimum Gasteiger partial charge on any atom is -0.294 e. The van der Waals surface area contributed by atoms with E-state index in [0.29, 0.717) is 5.82 Å². The first-order chi connectivity index (χ1) is 6.86. The van der Waals surface area contributed by atoms with Crippen LogP contribution in [0.15, 0.2) is 47.5 Å². The molecule has 0 aromatic carbocycles. The van der Waals surface area contributed by atoms with Crippen molar-refractivity contribution >= 4 is 17.4 Å². The van der Waals surface area contributed by atoms with E-state index in [1.165, 1.54) is 0 Å². The van der Waals surface area contributed by atoms with E-state index in [-0.39, 0.29) is 0 Å². The second kappa shape index (κ2) is 3.67. The second-order valence-electron chi connectivity index (χ2n) is 2.73. The van der Waals surface area contributed by atoms with Gasteiger partial charge in [-0.25, -0.2) is 4.98 Å². The van der Waals surface area contributed by atoms with Crippen LogP contribution in [0.5, 0.6) is 0 Å². The van der Waals surface area contributed by atoms with Gasteiger partial charge in [-0.15, -0.1) is 11.1 Å². The van der Waals surface area contributed by atoms with Gasteiger partial charge in [0.1, 0.15) is 0 Å². The first kappa shape index (κ1) is 9.02. The second-order valence-corrected chi connectivity index (χ2v) is 4.66. The average Bonchev–Trinajstić information content (AvgIpc) is 2.85. The zero-order valence-corrected chi connectivity index (χ0v) is 8.39. The average molecular weight is 206 g/mol. The molecule has 1 aromatic rings. The number of carbonyl (C=O) groups is 1. The summed E-state index contributed by atoms with van der Waals surface area (Å²) in [5.74, 6) is 0.468. The number of thiol groups is 1. The molecule has 0 radical (unpaired) electrons. The molecule has 2 heterocycles. The summed E-state index contributed by atoms with van der Waals surface area (Å²) in [7, 11) is 0. The predicted molar refractivity (Wildman–Crippen MR) is 59.4 cm³/mol. The molecular formula is C10H10N2OS. The Hall–Kier alpha value is -1.55. The van der Waals surface area contributed by atoms with Crippen LogP contribution in [0.25, 0.3) is 0 Å². The molecule has 1 aliphatic rings. The molecule has 4 heteroatoms. The largest absolute Gasteiger partial charge is 0.294 e. The fourth-order valence-electron chi connectivity index (χ4n) is 1.32. The molecule has 0 aliphatic carbocycles. The van der Waals surface area contributed by atoms with Gasteiger partial charge < -0.3 is 0 Å². The highest BCUT2D eigenvalue weighted by molar-refractivity contribution is 8.22. The molecule has 0 saturated heterocycles. The maximum atomic E-state index is 10.7. The van der Waals surface area contributed by atoms with Gasteiger partial charge in [-0.3, -0.25) is 8.77 Å². The van der Waals surface area contributed by atoms with Crippen LogP contribution in [-0.4, -0.2) is 15.2 Å². The summed E-state index contributed by atoms with van der Waals surface area (Å²) in [4.78, 5) is 15.8. The molecular weight excluding hydrogens is 196 g/mol. The molecule has 0 N–H and O–H groups in total. The van der Waals surface area contributed by atoms with Crippen molar-refractivity contribution in [3.63, 3.8) is 0 Å². The summed E-state index contributed by atoms with van der Waals surface area (Å²) in [6.07, 6.45) is 10.0. The van der Waals surface area contributed by atoms with Gasteiger partial charge in [-0.2, -0.15) is 0 Å². The van der Waals surface area contributed by atoms with E-state index in [0.717, 1.165) is 11.2 Å². The van der Waals surface area contributed by atoms with Gasteiger partial charge in [-0.1, -0.05) is 18.7 Å². The third-order valence-corrected chi connectivity index (χ3v) is 4.07. The first-order valence-corrected chi connectivity index (χ1v) is 5.52. The number of carbonyl (C=O) groups excluding carboxylic acids is 1. The molecule has 2 rings (SSSR count). The molecule has 1 aliphatic heterocycles. The molecule has 0 bridgehead atoms. The van der Waals surface area contributed by atoms with E-state index >= 15 is 0 Å². The quantitative estimate of drug-likeness (QED) is 0.607. The SMILES string of the molecule is C=CC1=CC=C[SH]1n1ccnc1C=O. The Kier molecular flexibility index (Phi) is 2.37. The molecule has 1 atom stereocenters. The van der Waals surface area contributed by atoms with E-state index < -0.39 is 11.1 Å². The van der Waals surface area contributed by atoms with E-state index in [2.05, 4.69) is 17.0 Å². The van der Waals surface area contributed by atoms with Crippen molar-refractivity contribution in [3.8, 4) is 0 Å². The van der Waals surface area contributed by atoms with E-state index in [1.807, 2.05) is 28.4 Å². The lowest BCUT2D eigenvalue weighted by molar-refractivity contribution is 0.111. The number of aldehydes is 1. The Morgan fingerprint density at radius 1 is 1.57 bits per heavy atom. The summed E-state index contributed by atoms with van der Waals surface area (Å²) in [5.41, 5.74) is 0. The van der Waals surface area contributed by atoms with Crippen molar-refractivity contribution in [2.24, 2.45) is 0 Å². The summed E-state index contributed by atoms with van der Waals surface area (Å²) >= 11 is -0.608. The molecule has 0 spiro atoms. The minimum atomic E-state index is -0.608. The zero-order chi connectivity index (χ0) is 9.97. The van der Waals surface area contributed by atoms with Crippen molar-refractivity contribution in [1.82, 2.24) is 8.96 Å². The van der Waals surface area contributed by atoms with Gasteiger partial charge in [0, 0.05) is 17.3 Å². The molecule has 3 nitrogen and oxygen atoms in total. The topological polar surface area (TPSA) is 34.9 Å². The highest BCUT2D eigenvalue weighted by Gasteiger charge is 2.12. The third-order valence-electron chi connectivity index (χ3n) is 1.95. The highest BCUT2D eigenvalue weighted by atomic mass is 32.2. The smallest absolute Gasteiger partial charge is 0.186 e.